The topological polar surface area (TPSA) is 318 Å². The van der Waals surface area contributed by atoms with E-state index in [4.69, 9.17) is 26.8 Å². The Morgan fingerprint density at radius 1 is 0.761 bits per heavy atom. The molecule has 19 nitrogen and oxygen atoms in total. The molecular weight excluding hydrogens is 614 g/mol. The van der Waals surface area contributed by atoms with Crippen molar-refractivity contribution in [1.82, 2.24) is 0 Å². The summed E-state index contributed by atoms with van der Waals surface area (Å²) in [5.74, 6) is -1.96. The van der Waals surface area contributed by atoms with Crippen LogP contribution in [0.3, 0.4) is 0 Å². The molecule has 19 heteroatoms. The van der Waals surface area contributed by atoms with E-state index in [0.717, 1.165) is 6.21 Å². The molecule has 2 heterocycles. The quantitative estimate of drug-likeness (QED) is 0.118. The Kier molecular flexibility index (Phi) is 13.9. The molecule has 7 N–H and O–H groups in total. The number of nitro groups is 3. The number of carboxylic acids is 1. The van der Waals surface area contributed by atoms with Gasteiger partial charge >= 0.3 is 5.97 Å². The Bertz CT molecular complexity index is 1720. The molecule has 0 aliphatic carbocycles. The first kappa shape index (κ1) is 37.6. The molecule has 46 heavy (non-hydrogen) atoms. The number of aliphatic hydroxyl groups is 2. The first-order valence-corrected chi connectivity index (χ1v) is 12.2. The highest BCUT2D eigenvalue weighted by Crippen LogP contribution is 2.33. The fourth-order valence-electron chi connectivity index (χ4n) is 3.51. The normalized spacial score (nSPS) is 11.9. The molecule has 0 saturated heterocycles. The second-order valence-electron chi connectivity index (χ2n) is 8.63. The number of hydrogen-bond donors (Lipinski definition) is 5. The number of benzene rings is 3. The highest BCUT2D eigenvalue weighted by Gasteiger charge is 2.22. The summed E-state index contributed by atoms with van der Waals surface area (Å²) in [6, 6.07) is 13.5. The van der Waals surface area contributed by atoms with Crippen LogP contribution in [-0.2, 0) is 27.2 Å². The molecule has 0 spiro atoms. The van der Waals surface area contributed by atoms with Gasteiger partial charge in [0, 0.05) is 31.0 Å². The highest BCUT2D eigenvalue weighted by molar-refractivity contribution is 6.30. The van der Waals surface area contributed by atoms with Gasteiger partial charge in [-0.15, -0.1) is 0 Å². The van der Waals surface area contributed by atoms with Crippen LogP contribution in [0.2, 0.25) is 0 Å². The van der Waals surface area contributed by atoms with Crippen molar-refractivity contribution in [3.8, 4) is 0 Å². The van der Waals surface area contributed by atoms with E-state index in [1.54, 1.807) is 24.3 Å². The van der Waals surface area contributed by atoms with Crippen molar-refractivity contribution in [1.29, 1.82) is 0 Å². The van der Waals surface area contributed by atoms with Gasteiger partial charge in [0.15, 0.2) is 11.6 Å². The number of nitrogen functional groups attached to an aromatic ring is 2. The van der Waals surface area contributed by atoms with Gasteiger partial charge < -0.3 is 26.8 Å². The van der Waals surface area contributed by atoms with Gasteiger partial charge in [-0.2, -0.15) is 0 Å². The summed E-state index contributed by atoms with van der Waals surface area (Å²) in [7, 11) is 0. The number of aliphatic hydroxyl groups excluding tert-OH is 1. The third-order valence-electron chi connectivity index (χ3n) is 5.55. The number of carbonyl (C=O) groups is 3. The first-order valence-electron chi connectivity index (χ1n) is 12.2. The maximum absolute atomic E-state index is 11.0. The van der Waals surface area contributed by atoms with Crippen LogP contribution in [0.5, 0.6) is 0 Å². The molecule has 0 fully saturated rings. The van der Waals surface area contributed by atoms with Gasteiger partial charge in [-0.3, -0.25) is 44.9 Å². The predicted octanol–water partition coefficient (Wildman–Crippen LogP) is 2.62. The molecule has 0 bridgehead atoms. The molecule has 2 aliphatic rings. The number of nitrogens with two attached hydrogens (primary N) is 2. The average Bonchev–Trinajstić information content (AvgIpc) is 2.98. The number of aliphatic imine (C=N–C) groups is 2. The van der Waals surface area contributed by atoms with Gasteiger partial charge in [-0.1, -0.05) is 31.7 Å². The molecule has 3 aromatic carbocycles. The minimum Gasteiger partial charge on any atom is -0.477 e. The van der Waals surface area contributed by atoms with Gasteiger partial charge in [-0.05, 0) is 17.7 Å². The van der Waals surface area contributed by atoms with E-state index in [-0.39, 0.29) is 60.3 Å². The van der Waals surface area contributed by atoms with Crippen molar-refractivity contribution in [3.63, 3.8) is 0 Å². The van der Waals surface area contributed by atoms with E-state index in [2.05, 4.69) is 9.98 Å². The molecule has 3 aromatic rings. The van der Waals surface area contributed by atoms with E-state index in [1.165, 1.54) is 36.5 Å². The molecule has 0 atom stereocenters. The summed E-state index contributed by atoms with van der Waals surface area (Å²) in [5.41, 5.74) is 12.5. The summed E-state index contributed by atoms with van der Waals surface area (Å²) in [6.45, 7) is 0. The number of carboxylic acid groups (broad SMARTS) is 1. The van der Waals surface area contributed by atoms with Crippen LogP contribution >= 0.6 is 0 Å². The predicted molar refractivity (Wildman–Crippen MR) is 164 cm³/mol. The number of aliphatic carboxylic acids is 1. The zero-order valence-corrected chi connectivity index (χ0v) is 22.7. The number of carbonyl (C=O) groups excluding carboxylic acids is 2. The zero-order valence-electron chi connectivity index (χ0n) is 22.7. The Labute approximate surface area is 258 Å². The number of rotatable bonds is 4. The van der Waals surface area contributed by atoms with Crippen molar-refractivity contribution < 1.29 is 44.5 Å². The lowest BCUT2D eigenvalue weighted by molar-refractivity contribution is -0.385. The number of nitro benzene ring substituents is 3. The smallest absolute Gasteiger partial charge is 0.360 e. The molecule has 5 rings (SSSR count). The van der Waals surface area contributed by atoms with Crippen molar-refractivity contribution in [2.75, 3.05) is 11.5 Å². The van der Waals surface area contributed by atoms with Gasteiger partial charge in [0.05, 0.1) is 44.1 Å². The molecule has 0 aromatic heterocycles. The lowest BCUT2D eigenvalue weighted by atomic mass is 10.0. The van der Waals surface area contributed by atoms with Crippen LogP contribution in [0.25, 0.3) is 0 Å². The molecular formula is C27H27N7O12. The number of hydrogen-bond acceptors (Lipinski definition) is 15. The molecule has 0 unspecified atom stereocenters. The summed E-state index contributed by atoms with van der Waals surface area (Å²) in [4.78, 5) is 68.7. The van der Waals surface area contributed by atoms with Gasteiger partial charge in [0.1, 0.15) is 11.4 Å². The Balaban J connectivity index is 0.000000317. The van der Waals surface area contributed by atoms with E-state index in [0.29, 0.717) is 22.5 Å². The SMILES string of the molecule is C.Nc1cccc([N+](=O)[O-])c1N.O=C(O)C(O)O.O=C1C=Nc2c(cccc2[N+](=O)[O-])C1.O=C1C=Nc2cccc([N+](=O)[O-])c2C1. The van der Waals surface area contributed by atoms with Crippen LogP contribution < -0.4 is 11.5 Å². The minimum atomic E-state index is -2.23. The molecule has 242 valence electrons. The second-order valence-corrected chi connectivity index (χ2v) is 8.63. The average molecular weight is 642 g/mol. The van der Waals surface area contributed by atoms with Crippen molar-refractivity contribution in [3.05, 3.63) is 96.1 Å². The molecule has 0 saturated carbocycles. The maximum Gasteiger partial charge on any atom is 0.360 e. The Hall–Kier alpha value is -6.47. The van der Waals surface area contributed by atoms with E-state index < -0.39 is 27.0 Å². The molecule has 0 amide bonds. The monoisotopic (exact) mass is 641 g/mol. The van der Waals surface area contributed by atoms with Crippen LogP contribution in [0.4, 0.5) is 39.8 Å². The second kappa shape index (κ2) is 17.0. The standard InChI is InChI=1S/2C9H6N2O3.C6H7N3O2.C2H4O4.CH4/c12-6-4-7-8(10-5-6)2-1-3-9(7)11(13)14;12-7-4-6-2-1-3-8(11(13)14)9(6)10-5-7;7-4-2-1-3-5(6(4)8)9(10)11;3-1(4)2(5)6;/h2*1-3,5H,4H2;1-3H,7-8H2;1,3-4H,(H,5,6);1H4. The van der Waals surface area contributed by atoms with Crippen LogP contribution in [0.1, 0.15) is 18.6 Å². The third-order valence-corrected chi connectivity index (χ3v) is 5.55. The Morgan fingerprint density at radius 2 is 1.24 bits per heavy atom. The lowest BCUT2D eigenvalue weighted by Crippen LogP contribution is -2.17. The van der Waals surface area contributed by atoms with E-state index in [9.17, 15) is 44.7 Å². The first-order chi connectivity index (χ1) is 21.1. The highest BCUT2D eigenvalue weighted by atomic mass is 16.6. The number of ketones is 2. The fourth-order valence-corrected chi connectivity index (χ4v) is 3.51. The largest absolute Gasteiger partial charge is 0.477 e. The van der Waals surface area contributed by atoms with E-state index in [1.807, 2.05) is 0 Å². The maximum atomic E-state index is 11.0. The number of fused-ring (bicyclic) bond motifs is 2. The molecule has 0 radical (unpaired) electrons. The van der Waals surface area contributed by atoms with Gasteiger partial charge in [0.2, 0.25) is 0 Å². The van der Waals surface area contributed by atoms with Gasteiger partial charge in [-0.25, -0.2) is 9.79 Å². The summed E-state index contributed by atoms with van der Waals surface area (Å²) < 4.78 is 0. The van der Waals surface area contributed by atoms with Crippen LogP contribution in [-0.4, -0.2) is 66.3 Å². The van der Waals surface area contributed by atoms with Crippen molar-refractivity contribution >= 4 is 69.8 Å². The number of Topliss-reactive ketones (excluding diaryl/α,β-unsaturated/α-hetero) is 2. The van der Waals surface area contributed by atoms with Crippen LogP contribution in [0, 0.1) is 30.3 Å². The van der Waals surface area contributed by atoms with Crippen molar-refractivity contribution in [2.45, 2.75) is 26.6 Å². The summed E-state index contributed by atoms with van der Waals surface area (Å²) >= 11 is 0. The summed E-state index contributed by atoms with van der Waals surface area (Å²) in [6.07, 6.45) is 0.364. The minimum absolute atomic E-state index is 0. The Morgan fingerprint density at radius 3 is 1.78 bits per heavy atom. The zero-order chi connectivity index (χ0) is 33.8. The number of anilines is 2. The van der Waals surface area contributed by atoms with Crippen LogP contribution in [0.15, 0.2) is 64.6 Å². The molecule has 2 aliphatic heterocycles. The van der Waals surface area contributed by atoms with Gasteiger partial charge in [0.25, 0.3) is 23.4 Å². The third kappa shape index (κ3) is 10.4. The van der Waals surface area contributed by atoms with E-state index >= 15 is 0 Å². The number of nitrogens with zero attached hydrogens (tertiary/aromatic N) is 5. The van der Waals surface area contributed by atoms with Crippen molar-refractivity contribution in [2.24, 2.45) is 9.98 Å². The lowest BCUT2D eigenvalue weighted by Gasteiger charge is -2.07. The fraction of sp³-hybridized carbons (Fsp3) is 0.148. The number of para-hydroxylation sites is 2. The summed E-state index contributed by atoms with van der Waals surface area (Å²) in [5, 5.41) is 54.1.